The zero-order valence-electron chi connectivity index (χ0n) is 93.4. The molecule has 0 aromatic rings. The van der Waals surface area contributed by atoms with Gasteiger partial charge in [0.1, 0.15) is 0 Å². The molecule has 16 N–H and O–H groups in total. The van der Waals surface area contributed by atoms with Crippen LogP contribution >= 0.6 is 0 Å². The van der Waals surface area contributed by atoms with Gasteiger partial charge in [0.25, 0.3) is 0 Å². The Hall–Kier alpha value is 6.96. The molecule has 0 aliphatic rings. The standard InChI is InChI=1S/C86H156N14O32.16Na/c101-71(102)13-53-93(54-14-72(103)104)45-5-33-87(34-6-46-94(55-15-73(105)106)56-16-74(107)108)29-1-41-91(42-2-30-88(35-7-47-95(57-17-75(109)110)58-18-76(111)112)36-8-48-96(59-19-77(113)114)60-20-78(115)116)69-70-92(43-3-31-89(37-9-49-97(61-21-79(117)118)62-22-80(119)120)38-10-50-98(63-23-81(121)122)64-24-82(123)124)44-4-32-90(39-11-51-99(65-25-83(125)126)66-26-84(127)128)40-12-52-100(67-27-85(129)130)68-28-86(131)132;;;;;;;;;;;;;;;;/h1-70H2,(H,101,102)(H,103,104)(H,105,106)(H,107,108)(H,109,110)(H,111,112)(H,113,114)(H,115,116)(H,117,118)(H,119,120)(H,121,122)(H,123,124)(H,125,126)(H,127,128)(H,129,130)(H,131,132);;;;;;;;;;;;;;;;/q;16*+1. The predicted octanol–water partition coefficient (Wildman–Crippen LogP) is -46.4. The Bertz CT molecular complexity index is 2640. The maximum absolute atomic E-state index is 11.8. The second-order valence-corrected chi connectivity index (χ2v) is 33.3. The third-order valence-electron chi connectivity index (χ3n) is 22.4. The van der Waals surface area contributed by atoms with Crippen LogP contribution in [0.15, 0.2) is 0 Å². The summed E-state index contributed by atoms with van der Waals surface area (Å²) in [6, 6.07) is 0. The van der Waals surface area contributed by atoms with E-state index in [0.717, 1.165) is 0 Å². The average molecular weight is 2270 g/mol. The van der Waals surface area contributed by atoms with Gasteiger partial charge in [-0.3, -0.25) is 76.7 Å². The van der Waals surface area contributed by atoms with E-state index in [4.69, 9.17) is 0 Å². The van der Waals surface area contributed by atoms with Crippen LogP contribution in [-0.2, 0) is 76.7 Å². The van der Waals surface area contributed by atoms with Crippen molar-refractivity contribution in [3.8, 4) is 0 Å². The van der Waals surface area contributed by atoms with E-state index in [9.17, 15) is 158 Å². The van der Waals surface area contributed by atoms with Crippen molar-refractivity contribution < 1.29 is 631 Å². The Morgan fingerprint density at radius 2 is 0.135 bits per heavy atom. The minimum Gasteiger partial charge on any atom is -0.481 e. The first-order chi connectivity index (χ1) is 62.7. The van der Waals surface area contributed by atoms with E-state index in [2.05, 4.69) is 29.4 Å². The number of carbonyl (C=O) groups is 16. The molecule has 46 nitrogen and oxygen atoms in total. The predicted molar refractivity (Wildman–Crippen MR) is 482 cm³/mol. The van der Waals surface area contributed by atoms with Crippen molar-refractivity contribution in [2.75, 3.05) is 275 Å². The van der Waals surface area contributed by atoms with E-state index in [1.807, 2.05) is 0 Å². The van der Waals surface area contributed by atoms with Gasteiger partial charge >= 0.3 is 568 Å². The maximum Gasteiger partial charge on any atom is 1.00 e. The number of nitrogens with zero attached hydrogens (tertiary/aromatic N) is 14. The molecule has 148 heavy (non-hydrogen) atoms. The normalized spacial score (nSPS) is 10.6. The molecule has 0 amide bonds. The maximum atomic E-state index is 11.8. The second-order valence-electron chi connectivity index (χ2n) is 33.3. The van der Waals surface area contributed by atoms with Gasteiger partial charge in [-0.15, -0.1) is 0 Å². The zero-order valence-corrected chi connectivity index (χ0v) is 125. The van der Waals surface area contributed by atoms with Crippen LogP contribution in [0.25, 0.3) is 0 Å². The van der Waals surface area contributed by atoms with Crippen molar-refractivity contribution in [1.29, 1.82) is 0 Å². The third kappa shape index (κ3) is 131. The molecule has 0 saturated heterocycles. The van der Waals surface area contributed by atoms with Gasteiger partial charge in [-0.2, -0.15) is 0 Å². The van der Waals surface area contributed by atoms with E-state index in [0.29, 0.717) is 247 Å². The number of aliphatic carboxylic acids is 16. The van der Waals surface area contributed by atoms with Crippen LogP contribution in [0.4, 0.5) is 0 Å². The Labute approximate surface area is 1230 Å². The van der Waals surface area contributed by atoms with E-state index >= 15 is 0 Å². The Balaban J connectivity index is -0.000000715. The van der Waals surface area contributed by atoms with Gasteiger partial charge in [-0.05, 0) is 234 Å². The fourth-order valence-electron chi connectivity index (χ4n) is 15.3. The molecule has 0 radical (unpaired) electrons. The van der Waals surface area contributed by atoms with Crippen molar-refractivity contribution in [3.63, 3.8) is 0 Å². The minimum atomic E-state index is -1.07. The van der Waals surface area contributed by atoms with Gasteiger partial charge in [0.05, 0.1) is 103 Å². The monoisotopic (exact) mass is 2260 g/mol. The van der Waals surface area contributed by atoms with Crippen molar-refractivity contribution in [2.45, 2.75) is 180 Å². The molecule has 0 atom stereocenters. The summed E-state index contributed by atoms with van der Waals surface area (Å²) in [7, 11) is 0. The van der Waals surface area contributed by atoms with E-state index in [1.165, 1.54) is 0 Å². The summed E-state index contributed by atoms with van der Waals surface area (Å²) in [5, 5.41) is 154. The van der Waals surface area contributed by atoms with Gasteiger partial charge in [-0.1, -0.05) is 0 Å². The topological polar surface area (TPSA) is 642 Å². The summed E-state index contributed by atoms with van der Waals surface area (Å²) >= 11 is 0. The molecule has 0 fully saturated rings. The molecule has 0 aliphatic carbocycles. The number of hydrogen-bond acceptors (Lipinski definition) is 30. The number of hydrogen-bond donors (Lipinski definition) is 16. The van der Waals surface area contributed by atoms with Crippen LogP contribution < -0.4 is 473 Å². The van der Waals surface area contributed by atoms with E-state index in [1.54, 1.807) is 39.2 Å². The molecular weight excluding hydrogens is 2110 g/mol. The smallest absolute Gasteiger partial charge is 0.481 e. The van der Waals surface area contributed by atoms with Crippen molar-refractivity contribution in [1.82, 2.24) is 68.6 Å². The molecule has 0 aromatic heterocycles. The number of carboxylic acids is 16. The van der Waals surface area contributed by atoms with Crippen LogP contribution in [-0.4, -0.2) is 521 Å². The van der Waals surface area contributed by atoms with Crippen LogP contribution in [0.2, 0.25) is 0 Å². The molecule has 0 aromatic carbocycles. The molecule has 0 heterocycles. The largest absolute Gasteiger partial charge is 1.00 e. The van der Waals surface area contributed by atoms with Crippen molar-refractivity contribution in [2.24, 2.45) is 0 Å². The summed E-state index contributed by atoms with van der Waals surface area (Å²) in [4.78, 5) is 216. The van der Waals surface area contributed by atoms with Crippen molar-refractivity contribution >= 4 is 95.5 Å². The van der Waals surface area contributed by atoms with Crippen LogP contribution in [0.3, 0.4) is 0 Å². The Morgan fingerprint density at radius 3 is 0.189 bits per heavy atom. The molecular formula is C86H156N14Na16O32+16. The van der Waals surface area contributed by atoms with Gasteiger partial charge in [-0.25, -0.2) is 0 Å². The SMILES string of the molecule is O=C(O)CCN(CCCN(CCCN(CCC(=O)O)CCC(=O)O)CCCN(CCCN(CCCN(CCC(=O)O)CCC(=O)O)CCCN(CCC(=O)O)CCC(=O)O)CCN(CCCN(CCCN(CCC(=O)O)CCC(=O)O)CCCN(CCC(=O)O)CCC(=O)O)CCCN(CCCN(CCC(=O)O)CCC(=O)O)CCCN(CCC(=O)O)CCC(=O)O)CCC(=O)O.[Na+].[Na+].[Na+].[Na+].[Na+].[Na+].[Na+].[Na+].[Na+].[Na+].[Na+].[Na+].[Na+].[Na+].[Na+].[Na+]. The summed E-state index contributed by atoms with van der Waals surface area (Å²) in [6.07, 6.45) is 2.18. The van der Waals surface area contributed by atoms with E-state index < -0.39 is 95.5 Å². The second kappa shape index (κ2) is 129. The van der Waals surface area contributed by atoms with E-state index in [-0.39, 0.29) is 680 Å². The van der Waals surface area contributed by atoms with Gasteiger partial charge in [0.2, 0.25) is 0 Å². The molecule has 0 rings (SSSR count). The first-order valence-corrected chi connectivity index (χ1v) is 46.3. The fourth-order valence-corrected chi connectivity index (χ4v) is 15.3. The minimum absolute atomic E-state index is 0. The first kappa shape index (κ1) is 193. The third-order valence-corrected chi connectivity index (χ3v) is 22.4. The summed E-state index contributed by atoms with van der Waals surface area (Å²) in [5.74, 6) is -17.1. The number of carboxylic acid groups (broad SMARTS) is 16. The number of rotatable bonds is 99. The molecule has 62 heteroatoms. The molecule has 762 valence electrons. The Morgan fingerprint density at radius 1 is 0.0878 bits per heavy atom. The summed E-state index contributed by atoms with van der Waals surface area (Å²) < 4.78 is 0. The first-order valence-electron chi connectivity index (χ1n) is 46.3. The summed E-state index contributed by atoms with van der Waals surface area (Å²) in [5.41, 5.74) is 0. The van der Waals surface area contributed by atoms with Crippen LogP contribution in [0.1, 0.15) is 180 Å². The molecule has 0 spiro atoms. The molecule has 0 bridgehead atoms. The van der Waals surface area contributed by atoms with Crippen LogP contribution in [0.5, 0.6) is 0 Å². The van der Waals surface area contributed by atoms with Gasteiger partial charge in [0.15, 0.2) is 0 Å². The zero-order chi connectivity index (χ0) is 98.8. The van der Waals surface area contributed by atoms with Crippen LogP contribution in [0, 0.1) is 0 Å². The van der Waals surface area contributed by atoms with Crippen molar-refractivity contribution in [3.05, 3.63) is 0 Å². The molecule has 0 aliphatic heterocycles. The van der Waals surface area contributed by atoms with Gasteiger partial charge < -0.3 is 150 Å². The Kier molecular flexibility index (Phi) is 169. The average Bonchev–Trinajstić information content (AvgIpc) is 0.926. The quantitative estimate of drug-likeness (QED) is 0.0251. The fraction of sp³-hybridized carbons (Fsp3) is 0.814. The van der Waals surface area contributed by atoms with Gasteiger partial charge in [0, 0.05) is 118 Å². The summed E-state index contributed by atoms with van der Waals surface area (Å²) in [6.45, 7) is 12.5. The molecule has 0 unspecified atom stereocenters. The molecule has 0 saturated carbocycles.